The summed E-state index contributed by atoms with van der Waals surface area (Å²) in [6, 6.07) is 8.56. The summed E-state index contributed by atoms with van der Waals surface area (Å²) in [4.78, 5) is 0.920. The van der Waals surface area contributed by atoms with Crippen molar-refractivity contribution < 1.29 is 4.21 Å². The molecule has 19 heavy (non-hydrogen) atoms. The van der Waals surface area contributed by atoms with Crippen LogP contribution >= 0.6 is 0 Å². The van der Waals surface area contributed by atoms with E-state index in [0.29, 0.717) is 0 Å². The summed E-state index contributed by atoms with van der Waals surface area (Å²) in [5.74, 6) is 0. The minimum atomic E-state index is -1.03. The Morgan fingerprint density at radius 3 is 2.37 bits per heavy atom. The van der Waals surface area contributed by atoms with E-state index in [-0.39, 0.29) is 5.25 Å². The lowest BCUT2D eigenvalue weighted by Gasteiger charge is -2.17. The summed E-state index contributed by atoms with van der Waals surface area (Å²) in [5, 5.41) is 2.30. The van der Waals surface area contributed by atoms with Crippen molar-refractivity contribution in [3.05, 3.63) is 59.7 Å². The molecule has 1 nitrogen and oxygen atoms in total. The molecule has 0 amide bonds. The van der Waals surface area contributed by atoms with E-state index in [1.54, 1.807) is 6.08 Å². The van der Waals surface area contributed by atoms with E-state index in [0.717, 1.165) is 15.8 Å². The molecule has 0 aromatic heterocycles. The van der Waals surface area contributed by atoms with E-state index in [9.17, 15) is 4.21 Å². The summed E-state index contributed by atoms with van der Waals surface area (Å²) in [7, 11) is -1.03. The average Bonchev–Trinajstić information content (AvgIpc) is 2.39. The summed E-state index contributed by atoms with van der Waals surface area (Å²) in [6.07, 6.45) is 5.77. The van der Waals surface area contributed by atoms with Gasteiger partial charge in [-0.1, -0.05) is 30.4 Å². The Morgan fingerprint density at radius 2 is 1.74 bits per heavy atom. The zero-order chi connectivity index (χ0) is 13.6. The van der Waals surface area contributed by atoms with Crippen LogP contribution in [0.5, 0.6) is 0 Å². The lowest BCUT2D eigenvalue weighted by atomic mass is 10.0. The van der Waals surface area contributed by atoms with Gasteiger partial charge in [0, 0.05) is 4.90 Å². The molecule has 0 saturated carbocycles. The molecule has 96 valence electrons. The topological polar surface area (TPSA) is 17.1 Å². The lowest BCUT2D eigenvalue weighted by molar-refractivity contribution is 0.681. The number of hydrogen-bond acceptors (Lipinski definition) is 1. The normalized spacial score (nSPS) is 21.4. The zero-order valence-corrected chi connectivity index (χ0v) is 12.0. The third-order valence-corrected chi connectivity index (χ3v) is 5.37. The van der Waals surface area contributed by atoms with Crippen LogP contribution in [0.15, 0.2) is 47.9 Å². The first kappa shape index (κ1) is 12.4. The fourth-order valence-corrected chi connectivity index (χ4v) is 3.75. The van der Waals surface area contributed by atoms with Gasteiger partial charge in [0.25, 0.3) is 0 Å². The molecule has 0 radical (unpaired) electrons. The van der Waals surface area contributed by atoms with Gasteiger partial charge in [-0.2, -0.15) is 0 Å². The van der Waals surface area contributed by atoms with Crippen molar-refractivity contribution >= 4 is 27.6 Å². The fraction of sp³-hybridized carbons (Fsp3) is 0.176. The van der Waals surface area contributed by atoms with Gasteiger partial charge in [0.2, 0.25) is 0 Å². The molecule has 0 saturated heterocycles. The first-order valence-corrected chi connectivity index (χ1v) is 7.58. The molecule has 2 atom stereocenters. The number of aryl methyl sites for hydroxylation is 2. The zero-order valence-electron chi connectivity index (χ0n) is 11.1. The van der Waals surface area contributed by atoms with Gasteiger partial charge in [0.15, 0.2) is 0 Å². The Hall–Kier alpha value is -1.67. The second-order valence-electron chi connectivity index (χ2n) is 5.03. The van der Waals surface area contributed by atoms with Gasteiger partial charge >= 0.3 is 0 Å². The van der Waals surface area contributed by atoms with Crippen molar-refractivity contribution in [3.63, 3.8) is 0 Å². The molecule has 1 aliphatic rings. The van der Waals surface area contributed by atoms with Crippen molar-refractivity contribution in [3.8, 4) is 0 Å². The minimum absolute atomic E-state index is 0.0727. The second kappa shape index (κ2) is 4.46. The highest BCUT2D eigenvalue weighted by Crippen LogP contribution is 2.30. The van der Waals surface area contributed by atoms with Gasteiger partial charge in [0.05, 0.1) is 16.0 Å². The highest BCUT2D eigenvalue weighted by atomic mass is 32.2. The van der Waals surface area contributed by atoms with E-state index in [2.05, 4.69) is 50.8 Å². The Balaban J connectivity index is 2.28. The highest BCUT2D eigenvalue weighted by molar-refractivity contribution is 7.86. The van der Waals surface area contributed by atoms with E-state index >= 15 is 0 Å². The van der Waals surface area contributed by atoms with Gasteiger partial charge in [-0.15, -0.1) is 6.58 Å². The van der Waals surface area contributed by atoms with E-state index in [1.165, 1.54) is 16.5 Å². The molecule has 2 aromatic carbocycles. The summed E-state index contributed by atoms with van der Waals surface area (Å²) in [6.45, 7) is 7.98. The first-order chi connectivity index (χ1) is 9.10. The van der Waals surface area contributed by atoms with Crippen LogP contribution in [0, 0.1) is 13.8 Å². The van der Waals surface area contributed by atoms with Crippen molar-refractivity contribution in [2.75, 3.05) is 0 Å². The van der Waals surface area contributed by atoms with Crippen LogP contribution in [0.25, 0.3) is 16.8 Å². The standard InChI is InChI=1S/C17H16OS/c1-4-16-6-5-13-9-14-7-11(2)12(3)8-15(14)10-17(13)19(16)18/h4-10,16H,1H2,2-3H3. The molecule has 0 aliphatic carbocycles. The van der Waals surface area contributed by atoms with Crippen LogP contribution in [0.4, 0.5) is 0 Å². The third kappa shape index (κ3) is 1.96. The number of hydrogen-bond donors (Lipinski definition) is 0. The number of benzene rings is 2. The molecule has 2 heteroatoms. The second-order valence-corrected chi connectivity index (χ2v) is 6.61. The van der Waals surface area contributed by atoms with Gasteiger partial charge < -0.3 is 0 Å². The van der Waals surface area contributed by atoms with Crippen LogP contribution in [-0.4, -0.2) is 9.46 Å². The van der Waals surface area contributed by atoms with Crippen molar-refractivity contribution in [1.82, 2.24) is 0 Å². The highest BCUT2D eigenvalue weighted by Gasteiger charge is 2.20. The predicted octanol–water partition coefficient (Wildman–Crippen LogP) is 4.15. The summed E-state index contributed by atoms with van der Waals surface area (Å²) >= 11 is 0. The first-order valence-electron chi connectivity index (χ1n) is 6.36. The van der Waals surface area contributed by atoms with E-state index < -0.39 is 10.8 Å². The lowest BCUT2D eigenvalue weighted by Crippen LogP contribution is -2.13. The Kier molecular flexibility index (Phi) is 2.90. The number of fused-ring (bicyclic) bond motifs is 2. The van der Waals surface area contributed by atoms with Gasteiger partial charge in [0.1, 0.15) is 0 Å². The quantitative estimate of drug-likeness (QED) is 0.710. The molecule has 2 aromatic rings. The molecule has 0 N–H and O–H groups in total. The SMILES string of the molecule is C=CC1C=Cc2cc3cc(C)c(C)cc3cc2S1=O. The van der Waals surface area contributed by atoms with Crippen molar-refractivity contribution in [1.29, 1.82) is 0 Å². The number of rotatable bonds is 1. The van der Waals surface area contributed by atoms with E-state index in [1.807, 2.05) is 6.08 Å². The van der Waals surface area contributed by atoms with Gasteiger partial charge in [-0.3, -0.25) is 4.21 Å². The molecule has 1 aliphatic heterocycles. The largest absolute Gasteiger partial charge is 0.253 e. The molecular weight excluding hydrogens is 252 g/mol. The monoisotopic (exact) mass is 268 g/mol. The molecule has 3 rings (SSSR count). The average molecular weight is 268 g/mol. The maximum Gasteiger partial charge on any atom is 0.0756 e. The van der Waals surface area contributed by atoms with Crippen LogP contribution in [0.1, 0.15) is 16.7 Å². The molecule has 1 heterocycles. The molecule has 0 fully saturated rings. The molecular formula is C17H16OS. The van der Waals surface area contributed by atoms with Gasteiger partial charge in [-0.25, -0.2) is 0 Å². The van der Waals surface area contributed by atoms with Crippen LogP contribution in [0.3, 0.4) is 0 Å². The van der Waals surface area contributed by atoms with E-state index in [4.69, 9.17) is 0 Å². The Morgan fingerprint density at radius 1 is 1.11 bits per heavy atom. The molecule has 0 spiro atoms. The summed E-state index contributed by atoms with van der Waals surface area (Å²) in [5.41, 5.74) is 3.62. The third-order valence-electron chi connectivity index (χ3n) is 3.74. The fourth-order valence-electron chi connectivity index (χ4n) is 2.46. The maximum absolute atomic E-state index is 12.4. The molecule has 0 bridgehead atoms. The van der Waals surface area contributed by atoms with Crippen LogP contribution < -0.4 is 0 Å². The van der Waals surface area contributed by atoms with Crippen molar-refractivity contribution in [2.45, 2.75) is 24.0 Å². The van der Waals surface area contributed by atoms with Gasteiger partial charge in [-0.05, 0) is 53.4 Å². The summed E-state index contributed by atoms with van der Waals surface area (Å²) < 4.78 is 12.4. The van der Waals surface area contributed by atoms with Crippen LogP contribution in [-0.2, 0) is 10.8 Å². The maximum atomic E-state index is 12.4. The smallest absolute Gasteiger partial charge is 0.0756 e. The Labute approximate surface area is 116 Å². The van der Waals surface area contributed by atoms with Crippen LogP contribution in [0.2, 0.25) is 0 Å². The minimum Gasteiger partial charge on any atom is -0.253 e. The predicted molar refractivity (Wildman–Crippen MR) is 82.8 cm³/mol. The molecule has 2 unspecified atom stereocenters. The Bertz CT molecular complexity index is 741. The van der Waals surface area contributed by atoms with Crippen molar-refractivity contribution in [2.24, 2.45) is 0 Å².